The summed E-state index contributed by atoms with van der Waals surface area (Å²) in [5, 5.41) is 4.64. The zero-order chi connectivity index (χ0) is 21.3. The van der Waals surface area contributed by atoms with Crippen molar-refractivity contribution < 1.29 is 18.5 Å². The molecule has 1 aromatic heterocycles. The SMILES string of the molecule is COC(=O)C(Cc1ccc(NCCCn2ccc3cc(OSC)ccc32)cc1)OC. The summed E-state index contributed by atoms with van der Waals surface area (Å²) in [4.78, 5) is 11.6. The molecular weight excluding hydrogens is 400 g/mol. The van der Waals surface area contributed by atoms with Gasteiger partial charge < -0.3 is 23.5 Å². The molecule has 0 amide bonds. The quantitative estimate of drug-likeness (QED) is 0.275. The van der Waals surface area contributed by atoms with E-state index in [9.17, 15) is 4.79 Å². The summed E-state index contributed by atoms with van der Waals surface area (Å²) >= 11 is 1.35. The Morgan fingerprint density at radius 3 is 2.63 bits per heavy atom. The fourth-order valence-electron chi connectivity index (χ4n) is 3.37. The van der Waals surface area contributed by atoms with E-state index >= 15 is 0 Å². The first-order valence-corrected chi connectivity index (χ1v) is 11.0. The van der Waals surface area contributed by atoms with Gasteiger partial charge in [0.05, 0.1) is 19.2 Å². The molecule has 0 radical (unpaired) electrons. The normalized spacial score (nSPS) is 12.0. The molecule has 30 heavy (non-hydrogen) atoms. The average molecular weight is 429 g/mol. The van der Waals surface area contributed by atoms with Gasteiger partial charge in [0.25, 0.3) is 0 Å². The number of aryl methyl sites for hydroxylation is 1. The Hall–Kier alpha value is -2.64. The molecule has 160 valence electrons. The molecule has 0 bridgehead atoms. The Morgan fingerprint density at radius 1 is 1.13 bits per heavy atom. The van der Waals surface area contributed by atoms with Crippen LogP contribution in [-0.4, -0.2) is 43.7 Å². The number of ether oxygens (including phenoxy) is 2. The van der Waals surface area contributed by atoms with Gasteiger partial charge >= 0.3 is 5.97 Å². The number of nitrogens with zero attached hydrogens (tertiary/aromatic N) is 1. The van der Waals surface area contributed by atoms with Crippen LogP contribution in [0.2, 0.25) is 0 Å². The van der Waals surface area contributed by atoms with E-state index < -0.39 is 6.10 Å². The zero-order valence-corrected chi connectivity index (χ0v) is 18.4. The van der Waals surface area contributed by atoms with Gasteiger partial charge in [-0.15, -0.1) is 0 Å². The number of benzene rings is 2. The molecule has 0 aliphatic carbocycles. The van der Waals surface area contributed by atoms with Crippen molar-refractivity contribution >= 4 is 34.6 Å². The lowest BCUT2D eigenvalue weighted by atomic mass is 10.1. The van der Waals surface area contributed by atoms with Crippen LogP contribution in [0.1, 0.15) is 12.0 Å². The van der Waals surface area contributed by atoms with E-state index in [1.165, 1.54) is 37.2 Å². The molecule has 2 aromatic carbocycles. The van der Waals surface area contributed by atoms with E-state index in [2.05, 4.69) is 34.3 Å². The summed E-state index contributed by atoms with van der Waals surface area (Å²) in [5.74, 6) is 0.520. The van der Waals surface area contributed by atoms with Crippen molar-refractivity contribution in [2.24, 2.45) is 0 Å². The summed E-state index contributed by atoms with van der Waals surface area (Å²) in [5.41, 5.74) is 3.30. The number of carbonyl (C=O) groups excluding carboxylic acids is 1. The predicted octanol–water partition coefficient (Wildman–Crippen LogP) is 4.53. The van der Waals surface area contributed by atoms with Gasteiger partial charge in [-0.1, -0.05) is 12.1 Å². The maximum Gasteiger partial charge on any atom is 0.335 e. The lowest BCUT2D eigenvalue weighted by Gasteiger charge is -2.13. The number of hydrogen-bond donors (Lipinski definition) is 1. The van der Waals surface area contributed by atoms with E-state index in [0.29, 0.717) is 6.42 Å². The van der Waals surface area contributed by atoms with Crippen LogP contribution in [0.15, 0.2) is 54.7 Å². The van der Waals surface area contributed by atoms with Gasteiger partial charge in [-0.2, -0.15) is 0 Å². The topological polar surface area (TPSA) is 61.7 Å². The van der Waals surface area contributed by atoms with Crippen LogP contribution in [0.3, 0.4) is 0 Å². The van der Waals surface area contributed by atoms with Crippen LogP contribution >= 0.6 is 12.0 Å². The highest BCUT2D eigenvalue weighted by atomic mass is 32.2. The Morgan fingerprint density at radius 2 is 1.93 bits per heavy atom. The molecule has 0 spiro atoms. The van der Waals surface area contributed by atoms with Crippen molar-refractivity contribution in [3.63, 3.8) is 0 Å². The van der Waals surface area contributed by atoms with Gasteiger partial charge in [0.15, 0.2) is 6.10 Å². The number of methoxy groups -OCH3 is 2. The van der Waals surface area contributed by atoms with Gasteiger partial charge in [0.1, 0.15) is 5.75 Å². The average Bonchev–Trinajstić information content (AvgIpc) is 3.18. The lowest BCUT2D eigenvalue weighted by molar-refractivity contribution is -0.152. The molecule has 0 aliphatic rings. The first kappa shape index (κ1) is 22.1. The molecule has 1 N–H and O–H groups in total. The second-order valence-corrected chi connectivity index (χ2v) is 7.41. The monoisotopic (exact) mass is 428 g/mol. The number of anilines is 1. The molecule has 1 heterocycles. The predicted molar refractivity (Wildman–Crippen MR) is 122 cm³/mol. The maximum atomic E-state index is 11.6. The summed E-state index contributed by atoms with van der Waals surface area (Å²) in [6.07, 6.45) is 4.95. The number of fused-ring (bicyclic) bond motifs is 1. The Bertz CT molecular complexity index is 955. The van der Waals surface area contributed by atoms with Crippen LogP contribution in [0.5, 0.6) is 5.75 Å². The minimum Gasteiger partial charge on any atom is -0.467 e. The lowest BCUT2D eigenvalue weighted by Crippen LogP contribution is -2.26. The number of esters is 1. The van der Waals surface area contributed by atoms with Gasteiger partial charge in [-0.05, 0) is 48.4 Å². The van der Waals surface area contributed by atoms with Crippen LogP contribution in [0.25, 0.3) is 10.9 Å². The summed E-state index contributed by atoms with van der Waals surface area (Å²) in [6, 6.07) is 16.4. The summed E-state index contributed by atoms with van der Waals surface area (Å²) < 4.78 is 17.7. The molecule has 7 heteroatoms. The Balaban J connectivity index is 1.47. The van der Waals surface area contributed by atoms with Crippen LogP contribution in [-0.2, 0) is 27.2 Å². The first-order valence-electron chi connectivity index (χ1n) is 9.87. The molecule has 3 aromatic rings. The maximum absolute atomic E-state index is 11.6. The van der Waals surface area contributed by atoms with E-state index in [1.807, 2.05) is 36.6 Å². The molecular formula is C23H28N2O4S. The smallest absolute Gasteiger partial charge is 0.335 e. The fourth-order valence-corrected chi connectivity index (χ4v) is 3.67. The number of rotatable bonds is 11. The van der Waals surface area contributed by atoms with Gasteiger partial charge in [0.2, 0.25) is 0 Å². The summed E-state index contributed by atoms with van der Waals surface area (Å²) in [7, 11) is 2.89. The third-order valence-electron chi connectivity index (χ3n) is 4.95. The molecule has 1 unspecified atom stereocenters. The van der Waals surface area contributed by atoms with Crippen molar-refractivity contribution in [2.75, 3.05) is 32.3 Å². The second kappa shape index (κ2) is 10.9. The standard InChI is InChI=1S/C23H28N2O4S/c1-27-22(23(26)28-2)15-17-5-7-19(8-6-17)24-12-4-13-25-14-11-18-16-20(29-30-3)9-10-21(18)25/h5-11,14,16,22,24H,4,12-13,15H2,1-3H3. The number of nitrogens with one attached hydrogen (secondary N) is 1. The molecule has 0 saturated carbocycles. The number of hydrogen-bond acceptors (Lipinski definition) is 6. The molecule has 0 saturated heterocycles. The van der Waals surface area contributed by atoms with E-state index in [0.717, 1.165) is 36.5 Å². The van der Waals surface area contributed by atoms with E-state index in [4.69, 9.17) is 13.7 Å². The van der Waals surface area contributed by atoms with Crippen LogP contribution in [0, 0.1) is 0 Å². The molecule has 0 fully saturated rings. The second-order valence-electron chi connectivity index (χ2n) is 6.91. The van der Waals surface area contributed by atoms with Gasteiger partial charge in [0, 0.05) is 55.7 Å². The van der Waals surface area contributed by atoms with Gasteiger partial charge in [-0.3, -0.25) is 0 Å². The molecule has 3 rings (SSSR count). The summed E-state index contributed by atoms with van der Waals surface area (Å²) in [6.45, 7) is 1.81. The van der Waals surface area contributed by atoms with Crippen LogP contribution in [0.4, 0.5) is 5.69 Å². The van der Waals surface area contributed by atoms with E-state index in [1.54, 1.807) is 0 Å². The zero-order valence-electron chi connectivity index (χ0n) is 17.6. The third-order valence-corrected chi connectivity index (χ3v) is 5.31. The van der Waals surface area contributed by atoms with Gasteiger partial charge in [-0.25, -0.2) is 4.79 Å². The van der Waals surface area contributed by atoms with Crippen molar-refractivity contribution in [1.29, 1.82) is 0 Å². The Labute approximate surface area is 181 Å². The van der Waals surface area contributed by atoms with Crippen molar-refractivity contribution in [3.8, 4) is 5.75 Å². The highest BCUT2D eigenvalue weighted by molar-refractivity contribution is 7.94. The molecule has 0 aliphatic heterocycles. The minimum atomic E-state index is -0.575. The Kier molecular flexibility index (Phi) is 8.04. The van der Waals surface area contributed by atoms with E-state index in [-0.39, 0.29) is 5.97 Å². The number of aromatic nitrogens is 1. The first-order chi connectivity index (χ1) is 14.6. The highest BCUT2D eigenvalue weighted by Gasteiger charge is 2.18. The third kappa shape index (κ3) is 5.70. The van der Waals surface area contributed by atoms with Crippen molar-refractivity contribution in [2.45, 2.75) is 25.5 Å². The van der Waals surface area contributed by atoms with Crippen LogP contribution < -0.4 is 9.50 Å². The van der Waals surface area contributed by atoms with Crippen molar-refractivity contribution in [1.82, 2.24) is 4.57 Å². The van der Waals surface area contributed by atoms with Crippen molar-refractivity contribution in [3.05, 3.63) is 60.3 Å². The largest absolute Gasteiger partial charge is 0.467 e. The molecule has 1 atom stereocenters. The highest BCUT2D eigenvalue weighted by Crippen LogP contribution is 2.24. The molecule has 6 nitrogen and oxygen atoms in total. The minimum absolute atomic E-state index is 0.356. The fraction of sp³-hybridized carbons (Fsp3) is 0.348. The number of carbonyl (C=O) groups is 1.